The summed E-state index contributed by atoms with van der Waals surface area (Å²) in [5, 5.41) is 3.19. The van der Waals surface area contributed by atoms with Gasteiger partial charge in [-0.2, -0.15) is 0 Å². The predicted octanol–water partition coefficient (Wildman–Crippen LogP) is 6.25. The second kappa shape index (κ2) is 14.8. The molecule has 0 aliphatic heterocycles. The van der Waals surface area contributed by atoms with Crippen molar-refractivity contribution in [3.8, 4) is 0 Å². The fourth-order valence-electron chi connectivity index (χ4n) is 5.44. The molecule has 0 radical (unpaired) electrons. The Kier molecular flexibility index (Phi) is 11.2. The lowest BCUT2D eigenvalue weighted by Crippen LogP contribution is -2.54. The van der Waals surface area contributed by atoms with Crippen LogP contribution in [-0.2, 0) is 26.0 Å². The number of halogens is 1. The van der Waals surface area contributed by atoms with Crippen LogP contribution in [-0.4, -0.2) is 50.3 Å². The van der Waals surface area contributed by atoms with Crippen LogP contribution in [0.3, 0.4) is 0 Å². The molecule has 7 nitrogen and oxygen atoms in total. The molecule has 224 valence electrons. The maximum absolute atomic E-state index is 14.2. The zero-order chi connectivity index (χ0) is 30.1. The highest BCUT2D eigenvalue weighted by molar-refractivity contribution is 9.10. The molecule has 0 spiro atoms. The number of hydrogen-bond donors (Lipinski definition) is 1. The zero-order valence-corrected chi connectivity index (χ0v) is 26.7. The molecule has 4 rings (SSSR count). The Morgan fingerprint density at radius 3 is 2.29 bits per heavy atom. The van der Waals surface area contributed by atoms with Crippen LogP contribution in [0.1, 0.15) is 56.6 Å². The van der Waals surface area contributed by atoms with Crippen molar-refractivity contribution in [2.75, 3.05) is 17.4 Å². The molecule has 1 aliphatic rings. The summed E-state index contributed by atoms with van der Waals surface area (Å²) in [6.07, 6.45) is 6.17. The molecule has 0 bridgehead atoms. The molecule has 0 unspecified atom stereocenters. The molecule has 0 saturated heterocycles. The maximum Gasteiger partial charge on any atom is 0.264 e. The minimum Gasteiger partial charge on any atom is -0.352 e. The molecular formula is C33H40BrN3O4S. The van der Waals surface area contributed by atoms with Crippen molar-refractivity contribution in [3.05, 3.63) is 94.5 Å². The van der Waals surface area contributed by atoms with E-state index >= 15 is 0 Å². The molecule has 0 aromatic heterocycles. The average Bonchev–Trinajstić information content (AvgIpc) is 2.99. The summed E-state index contributed by atoms with van der Waals surface area (Å²) in [7, 11) is -4.09. The quantitative estimate of drug-likeness (QED) is 0.250. The van der Waals surface area contributed by atoms with Crippen molar-refractivity contribution >= 4 is 43.5 Å². The van der Waals surface area contributed by atoms with E-state index in [-0.39, 0.29) is 23.4 Å². The second-order valence-corrected chi connectivity index (χ2v) is 13.7. The Labute approximate surface area is 258 Å². The van der Waals surface area contributed by atoms with Gasteiger partial charge in [0, 0.05) is 17.1 Å². The van der Waals surface area contributed by atoms with Crippen LogP contribution in [0.2, 0.25) is 0 Å². The van der Waals surface area contributed by atoms with Gasteiger partial charge in [0.25, 0.3) is 10.0 Å². The second-order valence-electron chi connectivity index (χ2n) is 10.9. The van der Waals surface area contributed by atoms with E-state index in [2.05, 4.69) is 21.2 Å². The van der Waals surface area contributed by atoms with Gasteiger partial charge in [0.15, 0.2) is 0 Å². The van der Waals surface area contributed by atoms with Gasteiger partial charge in [0.05, 0.1) is 10.6 Å². The monoisotopic (exact) mass is 653 g/mol. The van der Waals surface area contributed by atoms with E-state index in [4.69, 9.17) is 0 Å². The normalized spacial score (nSPS) is 14.6. The summed E-state index contributed by atoms with van der Waals surface area (Å²) in [4.78, 5) is 29.5. The van der Waals surface area contributed by atoms with E-state index in [1.54, 1.807) is 53.4 Å². The molecule has 9 heteroatoms. The molecule has 3 aromatic carbocycles. The van der Waals surface area contributed by atoms with Crippen LogP contribution in [0.25, 0.3) is 0 Å². The SMILES string of the molecule is CC[C@H](C(=O)NC1CCCCC1)N(CCc1ccccc1)C(=O)CN(c1cccc(Br)c1)S(=O)(=O)c1ccc(C)cc1. The summed E-state index contributed by atoms with van der Waals surface area (Å²) in [6.45, 7) is 3.63. The molecule has 3 aromatic rings. The summed E-state index contributed by atoms with van der Waals surface area (Å²) in [6, 6.07) is 22.7. The highest BCUT2D eigenvalue weighted by Gasteiger charge is 2.34. The number of anilines is 1. The third-order valence-electron chi connectivity index (χ3n) is 7.81. The molecule has 1 aliphatic carbocycles. The fourth-order valence-corrected chi connectivity index (χ4v) is 7.23. The fraction of sp³-hybridized carbons (Fsp3) is 0.394. The van der Waals surface area contributed by atoms with Crippen molar-refractivity contribution < 1.29 is 18.0 Å². The molecule has 1 saturated carbocycles. The first-order valence-electron chi connectivity index (χ1n) is 14.7. The van der Waals surface area contributed by atoms with E-state index in [0.29, 0.717) is 23.0 Å². The third-order valence-corrected chi connectivity index (χ3v) is 10.1. The van der Waals surface area contributed by atoms with Crippen molar-refractivity contribution in [3.63, 3.8) is 0 Å². The van der Waals surface area contributed by atoms with Crippen molar-refractivity contribution in [2.24, 2.45) is 0 Å². The molecule has 1 fully saturated rings. The van der Waals surface area contributed by atoms with Gasteiger partial charge in [-0.1, -0.05) is 96.2 Å². The van der Waals surface area contributed by atoms with E-state index < -0.39 is 28.5 Å². The minimum atomic E-state index is -4.09. The zero-order valence-electron chi connectivity index (χ0n) is 24.3. The molecule has 42 heavy (non-hydrogen) atoms. The first-order chi connectivity index (χ1) is 20.2. The number of carbonyl (C=O) groups is 2. The van der Waals surface area contributed by atoms with E-state index in [1.165, 1.54) is 6.42 Å². The topological polar surface area (TPSA) is 86.8 Å². The lowest BCUT2D eigenvalue weighted by atomic mass is 9.95. The number of sulfonamides is 1. The van der Waals surface area contributed by atoms with Gasteiger partial charge in [-0.15, -0.1) is 0 Å². The predicted molar refractivity (Wildman–Crippen MR) is 171 cm³/mol. The van der Waals surface area contributed by atoms with Gasteiger partial charge in [-0.25, -0.2) is 8.42 Å². The number of hydrogen-bond acceptors (Lipinski definition) is 4. The summed E-state index contributed by atoms with van der Waals surface area (Å²) < 4.78 is 29.8. The summed E-state index contributed by atoms with van der Waals surface area (Å²) in [5.41, 5.74) is 2.33. The van der Waals surface area contributed by atoms with Gasteiger partial charge in [-0.3, -0.25) is 13.9 Å². The van der Waals surface area contributed by atoms with Gasteiger partial charge in [-0.05, 0) is 68.5 Å². The lowest BCUT2D eigenvalue weighted by molar-refractivity contribution is -0.140. The van der Waals surface area contributed by atoms with Gasteiger partial charge in [0.2, 0.25) is 11.8 Å². The number of carbonyl (C=O) groups excluding carboxylic acids is 2. The summed E-state index contributed by atoms with van der Waals surface area (Å²) in [5.74, 6) is -0.603. The van der Waals surface area contributed by atoms with Crippen LogP contribution >= 0.6 is 15.9 Å². The van der Waals surface area contributed by atoms with E-state index in [1.807, 2.05) is 44.2 Å². The summed E-state index contributed by atoms with van der Waals surface area (Å²) >= 11 is 3.44. The number of amides is 2. The van der Waals surface area contributed by atoms with Crippen LogP contribution < -0.4 is 9.62 Å². The van der Waals surface area contributed by atoms with Crippen LogP contribution in [0.15, 0.2) is 88.2 Å². The molecule has 0 heterocycles. The largest absolute Gasteiger partial charge is 0.352 e. The Balaban J connectivity index is 1.66. The van der Waals surface area contributed by atoms with Crippen LogP contribution in [0.4, 0.5) is 5.69 Å². The van der Waals surface area contributed by atoms with Gasteiger partial charge < -0.3 is 10.2 Å². The van der Waals surface area contributed by atoms with Gasteiger partial charge >= 0.3 is 0 Å². The maximum atomic E-state index is 14.2. The Bertz CT molecular complexity index is 1440. The first kappa shape index (κ1) is 31.8. The third kappa shape index (κ3) is 8.22. The molecular weight excluding hydrogens is 614 g/mol. The lowest BCUT2D eigenvalue weighted by Gasteiger charge is -2.34. The Morgan fingerprint density at radius 2 is 1.64 bits per heavy atom. The standard InChI is InChI=1S/C33H40BrN3O4S/c1-3-31(33(39)35-28-14-8-5-9-15-28)36(22-21-26-11-6-4-7-12-26)32(38)24-37(29-16-10-13-27(34)23-29)42(40,41)30-19-17-25(2)18-20-30/h4,6-7,10-13,16-20,23,28,31H,3,5,8-9,14-15,21-22,24H2,1-2H3,(H,35,39)/t31-/m1/s1. The Morgan fingerprint density at radius 1 is 0.952 bits per heavy atom. The molecule has 2 amide bonds. The number of benzene rings is 3. The van der Waals surface area contributed by atoms with E-state index in [0.717, 1.165) is 41.1 Å². The van der Waals surface area contributed by atoms with Crippen LogP contribution in [0, 0.1) is 6.92 Å². The van der Waals surface area contributed by atoms with Crippen molar-refractivity contribution in [2.45, 2.75) is 75.8 Å². The van der Waals surface area contributed by atoms with Crippen molar-refractivity contribution in [1.29, 1.82) is 0 Å². The van der Waals surface area contributed by atoms with Crippen LogP contribution in [0.5, 0.6) is 0 Å². The minimum absolute atomic E-state index is 0.0961. The Hall–Kier alpha value is -3.17. The van der Waals surface area contributed by atoms with Gasteiger partial charge in [0.1, 0.15) is 12.6 Å². The average molecular weight is 655 g/mol. The number of nitrogens with zero attached hydrogens (tertiary/aromatic N) is 2. The first-order valence-corrected chi connectivity index (χ1v) is 16.9. The highest BCUT2D eigenvalue weighted by atomic mass is 79.9. The smallest absolute Gasteiger partial charge is 0.264 e. The van der Waals surface area contributed by atoms with Crippen molar-refractivity contribution in [1.82, 2.24) is 10.2 Å². The van der Waals surface area contributed by atoms with E-state index in [9.17, 15) is 18.0 Å². The number of nitrogens with one attached hydrogen (secondary N) is 1. The number of rotatable bonds is 12. The molecule has 1 N–H and O–H groups in total. The molecule has 1 atom stereocenters. The number of aryl methyl sites for hydroxylation is 1. The highest BCUT2D eigenvalue weighted by Crippen LogP contribution is 2.27.